The van der Waals surface area contributed by atoms with E-state index in [0.717, 1.165) is 38.4 Å². The van der Waals surface area contributed by atoms with Gasteiger partial charge >= 0.3 is 0 Å². The molecule has 2 N–H and O–H groups in total. The molecule has 5 aromatic carbocycles. The molecule has 0 heterocycles. The number of anilines is 1. The first-order valence-electron chi connectivity index (χ1n) is 12.6. The van der Waals surface area contributed by atoms with Gasteiger partial charge in [-0.2, -0.15) is 5.10 Å². The van der Waals surface area contributed by atoms with Gasteiger partial charge in [0.2, 0.25) is 0 Å². The summed E-state index contributed by atoms with van der Waals surface area (Å²) in [4.78, 5) is 28.2. The Morgan fingerprint density at radius 2 is 1.33 bits per heavy atom. The predicted molar refractivity (Wildman–Crippen MR) is 160 cm³/mol. The molecule has 6 nitrogen and oxygen atoms in total. The van der Waals surface area contributed by atoms with Gasteiger partial charge in [-0.25, -0.2) is 5.43 Å². The number of rotatable bonds is 7. The van der Waals surface area contributed by atoms with Gasteiger partial charge in [-0.15, -0.1) is 0 Å². The molecular weight excluding hydrogens is 484 g/mol. The van der Waals surface area contributed by atoms with Gasteiger partial charge in [0.15, 0.2) is 0 Å². The maximum atomic E-state index is 13.3. The lowest BCUT2D eigenvalue weighted by Gasteiger charge is -2.13. The van der Waals surface area contributed by atoms with Crippen LogP contribution >= 0.6 is 0 Å². The number of carbonyl (C=O) groups is 2. The lowest BCUT2D eigenvalue weighted by Crippen LogP contribution is -2.32. The maximum absolute atomic E-state index is 13.3. The van der Waals surface area contributed by atoms with Crippen molar-refractivity contribution in [1.82, 2.24) is 10.7 Å². The zero-order valence-electron chi connectivity index (χ0n) is 21.8. The van der Waals surface area contributed by atoms with Gasteiger partial charge in [0.1, 0.15) is 5.70 Å². The molecule has 192 valence electrons. The molecule has 0 spiro atoms. The molecule has 0 aliphatic rings. The molecule has 5 rings (SSSR count). The first-order valence-corrected chi connectivity index (χ1v) is 12.6. The van der Waals surface area contributed by atoms with Gasteiger partial charge in [0.25, 0.3) is 11.8 Å². The van der Waals surface area contributed by atoms with Crippen LogP contribution in [0, 0.1) is 0 Å². The van der Waals surface area contributed by atoms with E-state index in [1.807, 2.05) is 85.7 Å². The van der Waals surface area contributed by atoms with Crippen LogP contribution in [0.4, 0.5) is 5.69 Å². The van der Waals surface area contributed by atoms with Crippen LogP contribution in [-0.4, -0.2) is 32.1 Å². The number of fused-ring (bicyclic) bond motifs is 2. The number of nitrogens with one attached hydrogen (secondary N) is 2. The van der Waals surface area contributed by atoms with Crippen LogP contribution in [0.15, 0.2) is 120 Å². The minimum Gasteiger partial charge on any atom is -0.378 e. The molecular formula is C33H28N4O2. The van der Waals surface area contributed by atoms with E-state index < -0.39 is 5.91 Å². The zero-order chi connectivity index (χ0) is 27.2. The van der Waals surface area contributed by atoms with Gasteiger partial charge in [-0.05, 0) is 63.5 Å². The van der Waals surface area contributed by atoms with Gasteiger partial charge in [0, 0.05) is 30.9 Å². The van der Waals surface area contributed by atoms with Crippen molar-refractivity contribution in [2.45, 2.75) is 0 Å². The molecule has 0 atom stereocenters. The summed E-state index contributed by atoms with van der Waals surface area (Å²) in [6, 6.07) is 34.7. The summed E-state index contributed by atoms with van der Waals surface area (Å²) in [5, 5.41) is 11.3. The first-order chi connectivity index (χ1) is 19.0. The summed E-state index contributed by atoms with van der Waals surface area (Å²) < 4.78 is 0. The van der Waals surface area contributed by atoms with E-state index in [1.54, 1.807) is 36.6 Å². The first kappa shape index (κ1) is 25.4. The van der Waals surface area contributed by atoms with E-state index in [1.165, 1.54) is 0 Å². The molecule has 0 aliphatic heterocycles. The molecule has 39 heavy (non-hydrogen) atoms. The highest BCUT2D eigenvalue weighted by Gasteiger charge is 2.15. The summed E-state index contributed by atoms with van der Waals surface area (Å²) in [7, 11) is 3.92. The Bertz CT molecular complexity index is 1650. The molecule has 0 radical (unpaired) electrons. The van der Waals surface area contributed by atoms with Crippen LogP contribution in [-0.2, 0) is 4.79 Å². The van der Waals surface area contributed by atoms with Crippen LogP contribution in [0.1, 0.15) is 21.5 Å². The van der Waals surface area contributed by atoms with E-state index in [2.05, 4.69) is 34.0 Å². The van der Waals surface area contributed by atoms with Crippen molar-refractivity contribution in [2.75, 3.05) is 19.0 Å². The highest BCUT2D eigenvalue weighted by atomic mass is 16.2. The number of hydrazone groups is 1. The Labute approximate surface area is 227 Å². The summed E-state index contributed by atoms with van der Waals surface area (Å²) in [5.74, 6) is -0.914. The second kappa shape index (κ2) is 11.4. The molecule has 2 amide bonds. The van der Waals surface area contributed by atoms with Gasteiger partial charge in [-0.1, -0.05) is 78.9 Å². The fourth-order valence-electron chi connectivity index (χ4n) is 4.38. The maximum Gasteiger partial charge on any atom is 0.287 e. The summed E-state index contributed by atoms with van der Waals surface area (Å²) >= 11 is 0. The molecule has 0 unspecified atom stereocenters. The molecule has 0 aliphatic carbocycles. The Hall–Kier alpha value is -5.23. The van der Waals surface area contributed by atoms with Gasteiger partial charge in [0.05, 0.1) is 6.21 Å². The van der Waals surface area contributed by atoms with E-state index in [4.69, 9.17) is 0 Å². The second-order valence-corrected chi connectivity index (χ2v) is 9.30. The number of carbonyl (C=O) groups excluding carboxylic acids is 2. The fraction of sp³-hybridized carbons (Fsp3) is 0.0606. The predicted octanol–water partition coefficient (Wildman–Crippen LogP) is 5.98. The van der Waals surface area contributed by atoms with Crippen molar-refractivity contribution in [1.29, 1.82) is 0 Å². The van der Waals surface area contributed by atoms with Crippen LogP contribution in [0.5, 0.6) is 0 Å². The van der Waals surface area contributed by atoms with Crippen LogP contribution in [0.3, 0.4) is 0 Å². The molecule has 5 aromatic rings. The van der Waals surface area contributed by atoms with Crippen LogP contribution < -0.4 is 15.6 Å². The minimum absolute atomic E-state index is 0.0846. The average molecular weight is 513 g/mol. The normalized spacial score (nSPS) is 11.6. The van der Waals surface area contributed by atoms with Crippen LogP contribution in [0.25, 0.3) is 27.6 Å². The lowest BCUT2D eigenvalue weighted by molar-refractivity contribution is -0.117. The summed E-state index contributed by atoms with van der Waals surface area (Å²) in [6.07, 6.45) is 3.30. The van der Waals surface area contributed by atoms with E-state index >= 15 is 0 Å². The third kappa shape index (κ3) is 5.86. The average Bonchev–Trinajstić information content (AvgIpc) is 2.97. The number of hydrogen-bond acceptors (Lipinski definition) is 4. The number of benzene rings is 5. The molecule has 0 bridgehead atoms. The molecule has 0 saturated carbocycles. The third-order valence-corrected chi connectivity index (χ3v) is 6.42. The zero-order valence-corrected chi connectivity index (χ0v) is 21.8. The molecule has 6 heteroatoms. The largest absolute Gasteiger partial charge is 0.378 e. The monoisotopic (exact) mass is 512 g/mol. The smallest absolute Gasteiger partial charge is 0.287 e. The van der Waals surface area contributed by atoms with E-state index in [9.17, 15) is 9.59 Å². The lowest BCUT2D eigenvalue weighted by atomic mass is 9.97. The highest BCUT2D eigenvalue weighted by molar-refractivity contribution is 6.13. The number of hydrogen-bond donors (Lipinski definition) is 2. The van der Waals surface area contributed by atoms with Crippen molar-refractivity contribution < 1.29 is 9.59 Å². The van der Waals surface area contributed by atoms with Crippen molar-refractivity contribution >= 4 is 51.3 Å². The Balaban J connectivity index is 1.45. The third-order valence-electron chi connectivity index (χ3n) is 6.42. The molecule has 0 saturated heterocycles. The second-order valence-electron chi connectivity index (χ2n) is 9.30. The Morgan fingerprint density at radius 1 is 0.744 bits per heavy atom. The standard InChI is InChI=1S/C33H28N4O2/c1-37(2)27-18-16-23(17-19-27)20-31(35-32(38)24-10-4-3-5-11-24)33(39)36-34-22-30-28-14-8-6-12-25(28)21-26-13-7-9-15-29(26)30/h3-22H,1-2H3,(H,35,38)(H,36,39)/b31-20+,34-22+. The van der Waals surface area contributed by atoms with Crippen LogP contribution in [0.2, 0.25) is 0 Å². The Morgan fingerprint density at radius 3 is 1.95 bits per heavy atom. The number of nitrogens with zero attached hydrogens (tertiary/aromatic N) is 2. The highest BCUT2D eigenvalue weighted by Crippen LogP contribution is 2.27. The fourth-order valence-corrected chi connectivity index (χ4v) is 4.38. The number of amides is 2. The van der Waals surface area contributed by atoms with E-state index in [0.29, 0.717) is 5.56 Å². The quantitative estimate of drug-likeness (QED) is 0.122. The van der Waals surface area contributed by atoms with Crippen molar-refractivity contribution in [3.8, 4) is 0 Å². The topological polar surface area (TPSA) is 73.8 Å². The van der Waals surface area contributed by atoms with Crippen molar-refractivity contribution in [3.63, 3.8) is 0 Å². The Kier molecular flexibility index (Phi) is 7.46. The minimum atomic E-state index is -0.531. The van der Waals surface area contributed by atoms with Crippen molar-refractivity contribution in [2.24, 2.45) is 5.10 Å². The summed E-state index contributed by atoms with van der Waals surface area (Å²) in [5.41, 5.74) is 5.84. The van der Waals surface area contributed by atoms with Gasteiger partial charge < -0.3 is 10.2 Å². The molecule has 0 aromatic heterocycles. The van der Waals surface area contributed by atoms with E-state index in [-0.39, 0.29) is 11.6 Å². The molecule has 0 fully saturated rings. The SMILES string of the molecule is CN(C)c1ccc(/C=C(/NC(=O)c2ccccc2)C(=O)N/N=C/c2c3ccccc3cc3ccccc23)cc1. The van der Waals surface area contributed by atoms with Crippen molar-refractivity contribution in [3.05, 3.63) is 132 Å². The summed E-state index contributed by atoms with van der Waals surface area (Å²) in [6.45, 7) is 0. The van der Waals surface area contributed by atoms with Gasteiger partial charge in [-0.3, -0.25) is 9.59 Å².